The third-order valence-corrected chi connectivity index (χ3v) is 14.2. The average molecular weight is 685 g/mol. The van der Waals surface area contributed by atoms with Crippen LogP contribution < -0.4 is 9.80 Å². The lowest BCUT2D eigenvalue weighted by Gasteiger charge is -2.29. The molecule has 3 aliphatic rings. The van der Waals surface area contributed by atoms with E-state index < -0.39 is 8.40 Å². The van der Waals surface area contributed by atoms with Gasteiger partial charge in [-0.25, -0.2) is 0 Å². The van der Waals surface area contributed by atoms with E-state index in [4.69, 9.17) is 0 Å². The Morgan fingerprint density at radius 1 is 0.531 bits per heavy atom. The second-order valence-corrected chi connectivity index (χ2v) is 17.7. The first-order valence-corrected chi connectivity index (χ1v) is 20.1. The van der Waals surface area contributed by atoms with Crippen molar-refractivity contribution in [3.63, 3.8) is 0 Å². The van der Waals surface area contributed by atoms with Crippen LogP contribution in [0.4, 0.5) is 22.7 Å². The second kappa shape index (κ2) is 11.8. The molecule has 0 radical (unpaired) electrons. The number of anilines is 4. The van der Waals surface area contributed by atoms with Crippen LogP contribution in [0.1, 0.15) is 41.7 Å². The summed E-state index contributed by atoms with van der Waals surface area (Å²) >= 11 is 3.72. The highest BCUT2D eigenvalue weighted by molar-refractivity contribution is 8.00. The zero-order valence-electron chi connectivity index (χ0n) is 28.1. The van der Waals surface area contributed by atoms with Crippen molar-refractivity contribution in [3.05, 3.63) is 148 Å². The minimum Gasteiger partial charge on any atom is -0.343 e. The van der Waals surface area contributed by atoms with Crippen molar-refractivity contribution in [2.24, 2.45) is 0 Å². The van der Waals surface area contributed by atoms with E-state index in [0.717, 1.165) is 0 Å². The van der Waals surface area contributed by atoms with Crippen LogP contribution in [-0.2, 0) is 5.41 Å². The molecule has 1 aromatic heterocycles. The predicted molar refractivity (Wildman–Crippen MR) is 214 cm³/mol. The van der Waals surface area contributed by atoms with Gasteiger partial charge in [0.1, 0.15) is 0 Å². The summed E-state index contributed by atoms with van der Waals surface area (Å²) in [5, 5.41) is 0. The third-order valence-electron chi connectivity index (χ3n) is 10.2. The Kier molecular flexibility index (Phi) is 7.35. The predicted octanol–water partition coefficient (Wildman–Crippen LogP) is 12.3. The topological polar surface area (TPSA) is 6.48 Å². The molecule has 0 saturated carbocycles. The Morgan fingerprint density at radius 3 is 1.67 bits per heavy atom. The molecule has 9 rings (SSSR count). The third kappa shape index (κ3) is 5.23. The van der Waals surface area contributed by atoms with Gasteiger partial charge in [-0.05, 0) is 87.5 Å². The van der Waals surface area contributed by atoms with Gasteiger partial charge in [-0.2, -0.15) is 0 Å². The standard InChI is InChI=1S/C44H36N2S2Si/c1-44(2)34-25-29(13-14-30-16-19-42-38(26-30)45(3)36-9-5-7-11-40(36)47-42)15-18-32(34)33-22-24-49(28-35(33)44)23-21-31-17-20-43-39(27-31)46(4)37-10-6-8-12-41(37)48-43/h5-28H,1-4H3. The number of hydrogen-bond donors (Lipinski definition) is 0. The van der Waals surface area contributed by atoms with Gasteiger partial charge in [-0.3, -0.25) is 0 Å². The number of para-hydroxylation sites is 2. The van der Waals surface area contributed by atoms with Crippen molar-refractivity contribution in [1.82, 2.24) is 0 Å². The SMILES string of the molecule is CN1c2ccccc2Sc2ccc(C=Cc3ccc4c(c3)C(C)(C)c3c[si](C=Cc5ccc6c(c5)N(C)c5ccccc5S6)ccc3-4)cc21. The van der Waals surface area contributed by atoms with Gasteiger partial charge in [0.05, 0.1) is 31.1 Å². The van der Waals surface area contributed by atoms with E-state index >= 15 is 0 Å². The van der Waals surface area contributed by atoms with Gasteiger partial charge < -0.3 is 9.80 Å². The number of nitrogens with zero attached hydrogens (tertiary/aromatic N) is 2. The monoisotopic (exact) mass is 684 g/mol. The number of benzene rings is 5. The first-order chi connectivity index (χ1) is 23.8. The Morgan fingerprint density at radius 2 is 1.04 bits per heavy atom. The van der Waals surface area contributed by atoms with E-state index in [2.05, 4.69) is 182 Å². The van der Waals surface area contributed by atoms with Crippen LogP contribution in [0.3, 0.4) is 0 Å². The van der Waals surface area contributed by atoms with Gasteiger partial charge in [0.15, 0.2) is 0 Å². The first kappa shape index (κ1) is 30.5. The van der Waals surface area contributed by atoms with E-state index in [9.17, 15) is 0 Å². The molecule has 2 nitrogen and oxygen atoms in total. The van der Waals surface area contributed by atoms with E-state index in [1.165, 1.54) is 81.3 Å². The van der Waals surface area contributed by atoms with Crippen LogP contribution in [0.2, 0.25) is 0 Å². The molecule has 0 atom stereocenters. The highest BCUT2D eigenvalue weighted by atomic mass is 32.2. The number of fused-ring (bicyclic) bond motifs is 7. The zero-order valence-corrected chi connectivity index (χ0v) is 30.7. The maximum Gasteiger partial charge on any atom is 0.0649 e. The summed E-state index contributed by atoms with van der Waals surface area (Å²) in [5.41, 5.74) is 21.8. The quantitative estimate of drug-likeness (QED) is 0.135. The molecular formula is C44H36N2S2Si. The molecule has 0 fully saturated rings. The molecule has 0 bridgehead atoms. The van der Waals surface area contributed by atoms with Gasteiger partial charge >= 0.3 is 0 Å². The highest BCUT2D eigenvalue weighted by Crippen LogP contribution is 2.50. The molecule has 5 aromatic carbocycles. The fourth-order valence-electron chi connectivity index (χ4n) is 7.48. The molecular weight excluding hydrogens is 649 g/mol. The molecule has 2 aliphatic heterocycles. The summed E-state index contributed by atoms with van der Waals surface area (Å²) in [5.74, 6) is 0. The summed E-state index contributed by atoms with van der Waals surface area (Å²) < 4.78 is 0. The molecule has 1 aliphatic carbocycles. The van der Waals surface area contributed by atoms with Gasteiger partial charge in [-0.1, -0.05) is 133 Å². The van der Waals surface area contributed by atoms with Crippen LogP contribution in [0, 0.1) is 0 Å². The van der Waals surface area contributed by atoms with E-state index in [-0.39, 0.29) is 5.41 Å². The largest absolute Gasteiger partial charge is 0.343 e. The Hall–Kier alpha value is -4.55. The van der Waals surface area contributed by atoms with Crippen molar-refractivity contribution in [3.8, 4) is 11.1 Å². The van der Waals surface area contributed by atoms with Gasteiger partial charge in [0, 0.05) is 39.1 Å². The Bertz CT molecular complexity index is 2210. The molecule has 0 saturated heterocycles. The van der Waals surface area contributed by atoms with E-state index in [1.807, 2.05) is 23.5 Å². The maximum absolute atomic E-state index is 2.57. The van der Waals surface area contributed by atoms with Gasteiger partial charge in [0.25, 0.3) is 0 Å². The molecule has 0 unspecified atom stereocenters. The van der Waals surface area contributed by atoms with Crippen LogP contribution in [0.25, 0.3) is 35.1 Å². The summed E-state index contributed by atoms with van der Waals surface area (Å²) in [4.78, 5) is 9.87. The van der Waals surface area contributed by atoms with Crippen molar-refractivity contribution in [2.75, 3.05) is 23.9 Å². The molecule has 6 aromatic rings. The summed E-state index contributed by atoms with van der Waals surface area (Å²) in [7, 11) is 3.41. The van der Waals surface area contributed by atoms with Crippen LogP contribution in [0.5, 0.6) is 0 Å². The van der Waals surface area contributed by atoms with Crippen molar-refractivity contribution < 1.29 is 0 Å². The lowest BCUT2D eigenvalue weighted by Crippen LogP contribution is -2.16. The smallest absolute Gasteiger partial charge is 0.0649 e. The molecule has 0 N–H and O–H groups in total. The molecule has 3 heterocycles. The zero-order chi connectivity index (χ0) is 33.3. The fourth-order valence-corrected chi connectivity index (χ4v) is 11.6. The maximum atomic E-state index is 2.57. The van der Waals surface area contributed by atoms with E-state index in [1.54, 1.807) is 0 Å². The molecule has 238 valence electrons. The minimum absolute atomic E-state index is 0.0404. The van der Waals surface area contributed by atoms with Crippen LogP contribution >= 0.6 is 23.5 Å². The average Bonchev–Trinajstić information content (AvgIpc) is 3.35. The second-order valence-electron chi connectivity index (χ2n) is 13.6. The van der Waals surface area contributed by atoms with Crippen LogP contribution in [0.15, 0.2) is 140 Å². The summed E-state index contributed by atoms with van der Waals surface area (Å²) in [6, 6.07) is 40.4. The fraction of sp³-hybridized carbons (Fsp3) is 0.114. The van der Waals surface area contributed by atoms with Crippen molar-refractivity contribution in [2.45, 2.75) is 38.8 Å². The van der Waals surface area contributed by atoms with Crippen molar-refractivity contribution >= 4 is 78.6 Å². The molecule has 5 heteroatoms. The van der Waals surface area contributed by atoms with Gasteiger partial charge in [0.2, 0.25) is 0 Å². The number of rotatable bonds is 4. The summed E-state index contributed by atoms with van der Waals surface area (Å²) in [6.07, 6.45) is 6.85. The Balaban J connectivity index is 0.953. The van der Waals surface area contributed by atoms with Crippen molar-refractivity contribution in [1.29, 1.82) is 0 Å². The molecule has 49 heavy (non-hydrogen) atoms. The number of hydrogen-bond acceptors (Lipinski definition) is 4. The lowest BCUT2D eigenvalue weighted by atomic mass is 9.83. The Labute approximate surface area is 299 Å². The van der Waals surface area contributed by atoms with Crippen LogP contribution in [-0.4, -0.2) is 22.5 Å². The summed E-state index contributed by atoms with van der Waals surface area (Å²) in [6.45, 7) is 4.79. The molecule has 0 spiro atoms. The first-order valence-electron chi connectivity index (χ1n) is 16.8. The molecule has 0 amide bonds. The lowest BCUT2D eigenvalue weighted by molar-refractivity contribution is 0.661. The van der Waals surface area contributed by atoms with Gasteiger partial charge in [-0.15, -0.1) is 0 Å². The van der Waals surface area contributed by atoms with E-state index in [0.29, 0.717) is 0 Å². The minimum atomic E-state index is -0.937. The highest BCUT2D eigenvalue weighted by Gasteiger charge is 2.35. The normalized spacial score (nSPS) is 15.1.